The number of aromatic amines is 1. The number of carbonyl (C=O) groups is 4. The van der Waals surface area contributed by atoms with Gasteiger partial charge in [-0.3, -0.25) is 49.1 Å². The predicted molar refractivity (Wildman–Crippen MR) is 217 cm³/mol. The number of amides is 2. The van der Waals surface area contributed by atoms with Crippen LogP contribution in [0.1, 0.15) is 52.8 Å². The van der Waals surface area contributed by atoms with Gasteiger partial charge >= 0.3 is 0 Å². The lowest BCUT2D eigenvalue weighted by atomic mass is 9.92. The lowest BCUT2D eigenvalue weighted by Gasteiger charge is -2.40. The molecule has 0 spiro atoms. The van der Waals surface area contributed by atoms with Gasteiger partial charge in [0.15, 0.2) is 5.78 Å². The molecule has 0 bridgehead atoms. The number of H-pyrrole nitrogens is 1. The van der Waals surface area contributed by atoms with Gasteiger partial charge in [-0.05, 0) is 61.6 Å². The van der Waals surface area contributed by atoms with Crippen LogP contribution in [0.15, 0.2) is 54.7 Å². The third-order valence-electron chi connectivity index (χ3n) is 12.8. The van der Waals surface area contributed by atoms with Crippen molar-refractivity contribution in [3.05, 3.63) is 76.0 Å². The quantitative estimate of drug-likeness (QED) is 0.107. The van der Waals surface area contributed by atoms with Crippen molar-refractivity contribution >= 4 is 51.5 Å². The molecule has 6 heterocycles. The monoisotopic (exact) mass is 788 g/mol. The number of rotatable bonds is 10. The van der Waals surface area contributed by atoms with Crippen LogP contribution in [0.5, 0.6) is 0 Å². The summed E-state index contributed by atoms with van der Waals surface area (Å²) in [4.78, 5) is 79.8. The number of nitro benzene ring substituents is 1. The molecule has 2 aromatic heterocycles. The van der Waals surface area contributed by atoms with Gasteiger partial charge in [-0.25, -0.2) is 4.98 Å². The highest BCUT2D eigenvalue weighted by Gasteiger charge is 2.44. The van der Waals surface area contributed by atoms with Gasteiger partial charge in [-0.15, -0.1) is 0 Å². The number of Topliss-reactive ketones (excluding diaryl/α,β-unsaturated/α-hetero) is 2. The molecule has 4 aliphatic heterocycles. The number of aromatic nitrogens is 3. The number of benzene rings is 2. The van der Waals surface area contributed by atoms with Gasteiger partial charge in [-0.2, -0.15) is 5.10 Å². The normalized spacial score (nSPS) is 21.7. The second-order valence-electron chi connectivity index (χ2n) is 16.3. The number of ketones is 2. The number of non-ortho nitro benzene ring substituents is 1. The first kappa shape index (κ1) is 38.0. The first-order valence-corrected chi connectivity index (χ1v) is 20.5. The molecule has 4 fully saturated rings. The van der Waals surface area contributed by atoms with Crippen molar-refractivity contribution < 1.29 is 24.1 Å². The van der Waals surface area contributed by atoms with Crippen molar-refractivity contribution in [2.24, 2.45) is 5.92 Å². The summed E-state index contributed by atoms with van der Waals surface area (Å²) in [5.41, 5.74) is 3.98. The van der Waals surface area contributed by atoms with Crippen LogP contribution in [0, 0.1) is 16.0 Å². The summed E-state index contributed by atoms with van der Waals surface area (Å²) >= 11 is 0. The minimum atomic E-state index is -0.850. The molecule has 16 heteroatoms. The molecular formula is C42H48N10O6. The van der Waals surface area contributed by atoms with Gasteiger partial charge in [0.2, 0.25) is 0 Å². The second kappa shape index (κ2) is 16.0. The third-order valence-corrected chi connectivity index (χ3v) is 12.8. The van der Waals surface area contributed by atoms with Gasteiger partial charge in [0.25, 0.3) is 17.5 Å². The molecule has 4 aromatic rings. The summed E-state index contributed by atoms with van der Waals surface area (Å²) in [6, 6.07) is 13.3. The van der Waals surface area contributed by atoms with Crippen LogP contribution in [0.3, 0.4) is 0 Å². The lowest BCUT2D eigenvalue weighted by molar-refractivity contribution is -0.384. The zero-order valence-electron chi connectivity index (χ0n) is 32.6. The number of anilines is 2. The number of piperazine rings is 2. The van der Waals surface area contributed by atoms with Crippen molar-refractivity contribution in [1.82, 2.24) is 34.8 Å². The number of pyridine rings is 1. The van der Waals surface area contributed by atoms with E-state index in [-0.39, 0.29) is 41.4 Å². The number of imide groups is 1. The second-order valence-corrected chi connectivity index (χ2v) is 16.3. The van der Waals surface area contributed by atoms with Crippen LogP contribution in [0.2, 0.25) is 0 Å². The molecule has 58 heavy (non-hydrogen) atoms. The Morgan fingerprint density at radius 1 is 0.741 bits per heavy atom. The Morgan fingerprint density at radius 3 is 2.17 bits per heavy atom. The fraction of sp³-hybridized carbons (Fsp3) is 0.476. The maximum absolute atomic E-state index is 13.4. The number of carbonyl (C=O) groups excluding carboxylic acids is 4. The molecule has 9 rings (SSSR count). The maximum atomic E-state index is 13.4. The zero-order valence-corrected chi connectivity index (χ0v) is 32.6. The van der Waals surface area contributed by atoms with Crippen molar-refractivity contribution in [1.29, 1.82) is 0 Å². The Morgan fingerprint density at radius 2 is 1.45 bits per heavy atom. The fourth-order valence-corrected chi connectivity index (χ4v) is 9.35. The molecule has 1 atom stereocenters. The number of nitrogens with zero attached hydrogens (tertiary/aromatic N) is 9. The summed E-state index contributed by atoms with van der Waals surface area (Å²) in [6.07, 6.45) is 4.13. The lowest BCUT2D eigenvalue weighted by Crippen LogP contribution is -2.52. The Labute approximate surface area is 335 Å². The van der Waals surface area contributed by atoms with Gasteiger partial charge < -0.3 is 14.7 Å². The average molecular weight is 789 g/mol. The van der Waals surface area contributed by atoms with Crippen molar-refractivity contribution in [3.8, 4) is 11.3 Å². The molecule has 0 radical (unpaired) electrons. The highest BCUT2D eigenvalue weighted by atomic mass is 16.6. The molecule has 302 valence electrons. The predicted octanol–water partition coefficient (Wildman–Crippen LogP) is 3.48. The number of piperidine rings is 1. The summed E-state index contributed by atoms with van der Waals surface area (Å²) in [5, 5.41) is 19.5. The van der Waals surface area contributed by atoms with Crippen molar-refractivity contribution in [2.45, 2.75) is 38.1 Å². The highest BCUT2D eigenvalue weighted by molar-refractivity contribution is 6.24. The van der Waals surface area contributed by atoms with Crippen LogP contribution in [0.25, 0.3) is 22.2 Å². The van der Waals surface area contributed by atoms with Crippen LogP contribution in [-0.2, 0) is 9.59 Å². The van der Waals surface area contributed by atoms with E-state index in [1.807, 2.05) is 24.3 Å². The number of hydrogen-bond donors (Lipinski definition) is 1. The fourth-order valence-electron chi connectivity index (χ4n) is 9.35. The summed E-state index contributed by atoms with van der Waals surface area (Å²) in [5.74, 6) is 0.155. The molecule has 3 saturated heterocycles. The molecule has 2 amide bonds. The molecule has 2 aromatic carbocycles. The molecule has 1 saturated carbocycles. The minimum Gasteiger partial charge on any atom is -0.371 e. The van der Waals surface area contributed by atoms with Crippen molar-refractivity contribution in [3.63, 3.8) is 0 Å². The number of nitrogens with one attached hydrogen (secondary N) is 1. The molecule has 1 aliphatic carbocycles. The summed E-state index contributed by atoms with van der Waals surface area (Å²) < 4.78 is 0. The van der Waals surface area contributed by atoms with E-state index in [9.17, 15) is 29.3 Å². The summed E-state index contributed by atoms with van der Waals surface area (Å²) in [6.45, 7) is 13.0. The topological polar surface area (TPSA) is 172 Å². The maximum Gasteiger partial charge on any atom is 0.270 e. The first-order valence-electron chi connectivity index (χ1n) is 20.5. The SMILES string of the molecule is O=C1CCC(N2C(=O)c3ccc(N4CCC(CN5CCN(CCN6CCN(c7cc(-c8n[nH]c9ccc([N+](=O)[O-])cc89)ccn7)CC6)CC5)CC4)cc3C2=O)C(=O)C1. The number of nitro groups is 1. The van der Waals surface area contributed by atoms with E-state index in [2.05, 4.69) is 39.7 Å². The smallest absolute Gasteiger partial charge is 0.270 e. The standard InChI is InChI=1S/C42H48N10O6/c53-32-3-6-37(38(54)26-32)51-41(55)33-4-1-30(24-34(33)42(51)56)49-11-8-28(9-12-49)27-48-17-15-46(16-18-48)13-14-47-19-21-50(22-20-47)39-23-29(7-10-43-39)40-35-25-31(52(57)58)2-5-36(35)44-45-40/h1-2,4-5,7,10,23-25,28,37H,3,6,8-9,11-22,26-27H2,(H,44,45). The van der Waals surface area contributed by atoms with Crippen molar-refractivity contribution in [2.75, 3.05) is 94.9 Å². The molecule has 1 unspecified atom stereocenters. The largest absolute Gasteiger partial charge is 0.371 e. The van der Waals surface area contributed by atoms with Gasteiger partial charge in [0, 0.05) is 126 Å². The van der Waals surface area contributed by atoms with Crippen LogP contribution >= 0.6 is 0 Å². The third kappa shape index (κ3) is 7.58. The number of fused-ring (bicyclic) bond motifs is 2. The van der Waals surface area contributed by atoms with E-state index in [0.29, 0.717) is 22.7 Å². The van der Waals surface area contributed by atoms with Crippen LogP contribution in [0.4, 0.5) is 17.2 Å². The highest BCUT2D eigenvalue weighted by Crippen LogP contribution is 2.34. The van der Waals surface area contributed by atoms with Gasteiger partial charge in [0.05, 0.1) is 34.0 Å². The zero-order chi connectivity index (χ0) is 39.9. The van der Waals surface area contributed by atoms with E-state index in [1.165, 1.54) is 6.07 Å². The van der Waals surface area contributed by atoms with Gasteiger partial charge in [0.1, 0.15) is 17.3 Å². The Balaban J connectivity index is 0.697. The minimum absolute atomic E-state index is 0.0391. The van der Waals surface area contributed by atoms with Gasteiger partial charge in [-0.1, -0.05) is 0 Å². The van der Waals surface area contributed by atoms with Crippen LogP contribution < -0.4 is 9.80 Å². The Kier molecular flexibility index (Phi) is 10.5. The average Bonchev–Trinajstić information content (AvgIpc) is 3.78. The Bertz CT molecular complexity index is 2250. The number of hydrogen-bond acceptors (Lipinski definition) is 13. The Hall–Kier alpha value is -5.58. The first-order chi connectivity index (χ1) is 28.2. The van der Waals surface area contributed by atoms with E-state index in [4.69, 9.17) is 0 Å². The van der Waals surface area contributed by atoms with E-state index >= 15 is 0 Å². The van der Waals surface area contributed by atoms with E-state index < -0.39 is 17.9 Å². The molecule has 5 aliphatic rings. The summed E-state index contributed by atoms with van der Waals surface area (Å²) in [7, 11) is 0. The van der Waals surface area contributed by atoms with E-state index in [0.717, 1.165) is 131 Å². The van der Waals surface area contributed by atoms with E-state index in [1.54, 1.807) is 24.4 Å². The molecule has 1 N–H and O–H groups in total. The molecule has 16 nitrogen and oxygen atoms in total. The van der Waals surface area contributed by atoms with Crippen LogP contribution in [-0.4, -0.2) is 154 Å². The molecular weight excluding hydrogens is 741 g/mol.